The number of nitro groups is 1. The molecule has 2 fully saturated rings. The van der Waals surface area contributed by atoms with Crippen LogP contribution in [0.15, 0.2) is 12.4 Å². The summed E-state index contributed by atoms with van der Waals surface area (Å²) < 4.78 is 11.9. The van der Waals surface area contributed by atoms with Gasteiger partial charge in [-0.15, -0.1) is 0 Å². The largest absolute Gasteiger partial charge is 0.343 e. The fourth-order valence-electron chi connectivity index (χ4n) is 2.09. The third-order valence-corrected chi connectivity index (χ3v) is 2.95. The van der Waals surface area contributed by atoms with Gasteiger partial charge in [0.05, 0.1) is 17.6 Å². The monoisotopic (exact) mass is 239 g/mol. The van der Waals surface area contributed by atoms with Crippen molar-refractivity contribution in [2.75, 3.05) is 6.61 Å². The normalized spacial score (nSPS) is 31.8. The minimum absolute atomic E-state index is 0.0986. The number of ketones is 1. The van der Waals surface area contributed by atoms with Gasteiger partial charge >= 0.3 is 5.69 Å². The molecule has 8 nitrogen and oxygen atoms in total. The summed E-state index contributed by atoms with van der Waals surface area (Å²) >= 11 is 0. The van der Waals surface area contributed by atoms with E-state index in [1.807, 2.05) is 0 Å². The van der Waals surface area contributed by atoms with Crippen LogP contribution in [0.2, 0.25) is 0 Å². The van der Waals surface area contributed by atoms with Crippen molar-refractivity contribution in [2.24, 2.45) is 0 Å². The zero-order chi connectivity index (χ0) is 12.0. The van der Waals surface area contributed by atoms with Crippen molar-refractivity contribution in [1.82, 2.24) is 9.78 Å². The van der Waals surface area contributed by atoms with Gasteiger partial charge in [0.1, 0.15) is 18.5 Å². The van der Waals surface area contributed by atoms with Crippen LogP contribution in [-0.2, 0) is 14.3 Å². The standard InChI is InChI=1S/C9H9N3O5/c13-7-1-6(8-4-16-9(7)17-8)11-3-5(2-10-11)12(14)15/h2-3,6,8-9H,1,4H2/t6-,8-,9+/m0/s1. The first-order valence-electron chi connectivity index (χ1n) is 5.13. The second kappa shape index (κ2) is 3.60. The fourth-order valence-corrected chi connectivity index (χ4v) is 2.09. The molecule has 1 aromatic heterocycles. The van der Waals surface area contributed by atoms with Gasteiger partial charge in [0, 0.05) is 6.42 Å². The highest BCUT2D eigenvalue weighted by molar-refractivity contribution is 5.83. The van der Waals surface area contributed by atoms with Crippen LogP contribution in [0.4, 0.5) is 5.69 Å². The molecule has 0 aliphatic carbocycles. The van der Waals surface area contributed by atoms with Crippen LogP contribution in [0.25, 0.3) is 0 Å². The van der Waals surface area contributed by atoms with Gasteiger partial charge in [0.25, 0.3) is 0 Å². The van der Waals surface area contributed by atoms with E-state index >= 15 is 0 Å². The predicted octanol–water partition coefficient (Wildman–Crippen LogP) is 0.0467. The molecular formula is C9H9N3O5. The second-order valence-corrected chi connectivity index (χ2v) is 4.01. The maximum absolute atomic E-state index is 11.6. The van der Waals surface area contributed by atoms with E-state index in [0.29, 0.717) is 6.61 Å². The molecule has 2 aliphatic rings. The highest BCUT2D eigenvalue weighted by Crippen LogP contribution is 2.33. The molecule has 0 radical (unpaired) electrons. The third kappa shape index (κ3) is 1.61. The first kappa shape index (κ1) is 10.4. The number of hydrogen-bond donors (Lipinski definition) is 0. The Hall–Kier alpha value is -1.80. The number of rotatable bonds is 2. The van der Waals surface area contributed by atoms with E-state index < -0.39 is 11.2 Å². The summed E-state index contributed by atoms with van der Waals surface area (Å²) in [4.78, 5) is 21.6. The molecule has 8 heteroatoms. The second-order valence-electron chi connectivity index (χ2n) is 4.01. The van der Waals surface area contributed by atoms with Gasteiger partial charge in [0.15, 0.2) is 5.78 Å². The first-order valence-corrected chi connectivity index (χ1v) is 5.13. The summed E-state index contributed by atoms with van der Waals surface area (Å²) in [7, 11) is 0. The third-order valence-electron chi connectivity index (χ3n) is 2.95. The minimum atomic E-state index is -0.762. The fraction of sp³-hybridized carbons (Fsp3) is 0.556. The average Bonchev–Trinajstić information content (AvgIpc) is 2.93. The lowest BCUT2D eigenvalue weighted by molar-refractivity contribution is -0.385. The SMILES string of the molecule is O=C1C[C@H](n2cc([N+](=O)[O-])cn2)[C@@H]2CO[C@@H]1O2. The Kier molecular flexibility index (Phi) is 2.20. The summed E-state index contributed by atoms with van der Waals surface area (Å²) in [5.74, 6) is -0.151. The van der Waals surface area contributed by atoms with Crippen molar-refractivity contribution in [3.8, 4) is 0 Å². The minimum Gasteiger partial charge on any atom is -0.343 e. The van der Waals surface area contributed by atoms with Crippen LogP contribution in [0.1, 0.15) is 12.5 Å². The summed E-state index contributed by atoms with van der Waals surface area (Å²) in [6.07, 6.45) is 1.67. The number of ether oxygens (including phenoxy) is 2. The molecule has 0 unspecified atom stereocenters. The molecule has 0 saturated carbocycles. The van der Waals surface area contributed by atoms with E-state index in [-0.39, 0.29) is 30.0 Å². The smallest absolute Gasteiger partial charge is 0.307 e. The van der Waals surface area contributed by atoms with Gasteiger partial charge in [-0.05, 0) is 0 Å². The topological polar surface area (TPSA) is 96.5 Å². The molecule has 0 spiro atoms. The summed E-state index contributed by atoms with van der Waals surface area (Å²) in [5, 5.41) is 14.4. The van der Waals surface area contributed by atoms with E-state index in [2.05, 4.69) is 5.10 Å². The Labute approximate surface area is 95.3 Å². The molecule has 0 N–H and O–H groups in total. The van der Waals surface area contributed by atoms with Crippen molar-refractivity contribution < 1.29 is 19.2 Å². The lowest BCUT2D eigenvalue weighted by Crippen LogP contribution is -2.37. The lowest BCUT2D eigenvalue weighted by atomic mass is 10.0. The Balaban J connectivity index is 1.87. The van der Waals surface area contributed by atoms with Crippen molar-refractivity contribution in [3.05, 3.63) is 22.5 Å². The maximum atomic E-state index is 11.6. The van der Waals surface area contributed by atoms with Crippen LogP contribution in [-0.4, -0.2) is 39.5 Å². The number of carbonyl (C=O) groups excluding carboxylic acids is 1. The average molecular weight is 239 g/mol. The molecule has 0 aromatic carbocycles. The maximum Gasteiger partial charge on any atom is 0.307 e. The molecule has 90 valence electrons. The Morgan fingerprint density at radius 3 is 3.12 bits per heavy atom. The Morgan fingerprint density at radius 2 is 2.41 bits per heavy atom. The molecule has 2 saturated heterocycles. The highest BCUT2D eigenvalue weighted by Gasteiger charge is 2.44. The van der Waals surface area contributed by atoms with Crippen LogP contribution in [0.5, 0.6) is 0 Å². The van der Waals surface area contributed by atoms with Gasteiger partial charge in [-0.3, -0.25) is 19.6 Å². The van der Waals surface area contributed by atoms with Gasteiger partial charge < -0.3 is 9.47 Å². The van der Waals surface area contributed by atoms with Crippen LogP contribution in [0, 0.1) is 10.1 Å². The molecular weight excluding hydrogens is 230 g/mol. The van der Waals surface area contributed by atoms with Crippen LogP contribution >= 0.6 is 0 Å². The van der Waals surface area contributed by atoms with Crippen molar-refractivity contribution in [3.63, 3.8) is 0 Å². The summed E-state index contributed by atoms with van der Waals surface area (Å²) in [6.45, 7) is 0.314. The van der Waals surface area contributed by atoms with E-state index in [0.717, 1.165) is 6.20 Å². The van der Waals surface area contributed by atoms with Gasteiger partial charge in [0.2, 0.25) is 6.29 Å². The Bertz CT molecular complexity index is 485. The number of aromatic nitrogens is 2. The van der Waals surface area contributed by atoms with Crippen molar-refractivity contribution >= 4 is 11.5 Å². The first-order chi connectivity index (χ1) is 8.15. The number of hydrogen-bond acceptors (Lipinski definition) is 6. The van der Waals surface area contributed by atoms with Crippen molar-refractivity contribution in [2.45, 2.75) is 24.9 Å². The lowest BCUT2D eigenvalue weighted by Gasteiger charge is -2.26. The molecule has 17 heavy (non-hydrogen) atoms. The number of Topliss-reactive ketones (excluding diaryl/α,β-unsaturated/α-hetero) is 1. The molecule has 0 amide bonds. The number of carbonyl (C=O) groups is 1. The van der Waals surface area contributed by atoms with E-state index in [9.17, 15) is 14.9 Å². The molecule has 2 aliphatic heterocycles. The van der Waals surface area contributed by atoms with Gasteiger partial charge in [-0.25, -0.2) is 0 Å². The van der Waals surface area contributed by atoms with E-state index in [1.54, 1.807) is 0 Å². The van der Waals surface area contributed by atoms with Crippen LogP contribution < -0.4 is 0 Å². The van der Waals surface area contributed by atoms with Gasteiger partial charge in [-0.2, -0.15) is 5.10 Å². The quantitative estimate of drug-likeness (QED) is 0.534. The zero-order valence-electron chi connectivity index (χ0n) is 8.68. The number of nitrogens with zero attached hydrogens (tertiary/aromatic N) is 3. The molecule has 2 bridgehead atoms. The number of fused-ring (bicyclic) bond motifs is 2. The molecule has 3 atom stereocenters. The van der Waals surface area contributed by atoms with Crippen molar-refractivity contribution in [1.29, 1.82) is 0 Å². The van der Waals surface area contributed by atoms with E-state index in [1.165, 1.54) is 10.9 Å². The molecule has 3 heterocycles. The van der Waals surface area contributed by atoms with Crippen LogP contribution in [0.3, 0.4) is 0 Å². The summed E-state index contributed by atoms with van der Waals surface area (Å²) in [6, 6.07) is -0.324. The molecule has 1 aromatic rings. The Morgan fingerprint density at radius 1 is 1.59 bits per heavy atom. The zero-order valence-corrected chi connectivity index (χ0v) is 8.68. The summed E-state index contributed by atoms with van der Waals surface area (Å²) in [5.41, 5.74) is -0.0986. The predicted molar refractivity (Wildman–Crippen MR) is 52.2 cm³/mol. The molecule has 3 rings (SSSR count). The van der Waals surface area contributed by atoms with Gasteiger partial charge in [-0.1, -0.05) is 0 Å². The highest BCUT2D eigenvalue weighted by atomic mass is 16.7. The van der Waals surface area contributed by atoms with E-state index in [4.69, 9.17) is 9.47 Å².